The molecule has 1 aliphatic heterocycles. The second kappa shape index (κ2) is 10.8. The predicted octanol–water partition coefficient (Wildman–Crippen LogP) is 6.64. The van der Waals surface area contributed by atoms with Gasteiger partial charge in [0.25, 0.3) is 11.1 Å². The zero-order chi connectivity index (χ0) is 25.9. The van der Waals surface area contributed by atoms with E-state index in [2.05, 4.69) is 57.7 Å². The molecule has 0 aliphatic carbocycles. The maximum Gasteiger partial charge on any atom is 0.373 e. The van der Waals surface area contributed by atoms with E-state index in [0.29, 0.717) is 17.3 Å². The number of methoxy groups -OCH3 is 1. The van der Waals surface area contributed by atoms with E-state index >= 15 is 0 Å². The van der Waals surface area contributed by atoms with Crippen molar-refractivity contribution in [1.29, 1.82) is 0 Å². The van der Waals surface area contributed by atoms with Crippen molar-refractivity contribution >= 4 is 68.3 Å². The van der Waals surface area contributed by atoms with Crippen molar-refractivity contribution in [1.82, 2.24) is 4.90 Å². The van der Waals surface area contributed by atoms with Crippen LogP contribution in [0.3, 0.4) is 0 Å². The highest BCUT2D eigenvalue weighted by Gasteiger charge is 2.35. The lowest BCUT2D eigenvalue weighted by Gasteiger charge is -2.10. The van der Waals surface area contributed by atoms with Crippen LogP contribution >= 0.6 is 34.4 Å². The van der Waals surface area contributed by atoms with Gasteiger partial charge in [0, 0.05) is 0 Å². The van der Waals surface area contributed by atoms with Gasteiger partial charge in [-0.3, -0.25) is 14.5 Å². The second-order valence-electron chi connectivity index (χ2n) is 8.19. The van der Waals surface area contributed by atoms with Gasteiger partial charge in [0.1, 0.15) is 18.1 Å². The van der Waals surface area contributed by atoms with Crippen LogP contribution in [0.4, 0.5) is 4.79 Å². The molecule has 37 heavy (non-hydrogen) atoms. The van der Waals surface area contributed by atoms with Crippen LogP contribution in [0.2, 0.25) is 0 Å². The summed E-state index contributed by atoms with van der Waals surface area (Å²) in [6.07, 6.45) is 1.68. The monoisotopic (exact) mass is 625 g/mol. The lowest BCUT2D eigenvalue weighted by Crippen LogP contribution is -2.27. The quantitative estimate of drug-likeness (QED) is 0.129. The van der Waals surface area contributed by atoms with Crippen molar-refractivity contribution in [2.75, 3.05) is 7.11 Å². The zero-order valence-electron chi connectivity index (χ0n) is 19.6. The fourth-order valence-electron chi connectivity index (χ4n) is 3.83. The Labute approximate surface area is 230 Å². The number of thioether (sulfide) groups is 1. The van der Waals surface area contributed by atoms with Gasteiger partial charge in [-0.2, -0.15) is 0 Å². The highest BCUT2D eigenvalue weighted by Crippen LogP contribution is 2.34. The number of carbonyl (C=O) groups is 3. The maximum atomic E-state index is 12.9. The van der Waals surface area contributed by atoms with Gasteiger partial charge in [0.05, 0.1) is 22.1 Å². The van der Waals surface area contributed by atoms with Crippen LogP contribution in [0.25, 0.3) is 16.8 Å². The molecule has 186 valence electrons. The van der Waals surface area contributed by atoms with E-state index in [1.165, 1.54) is 30.0 Å². The Morgan fingerprint density at radius 2 is 1.84 bits per heavy atom. The molecule has 2 heterocycles. The minimum atomic E-state index is -0.625. The molecule has 5 rings (SSSR count). The van der Waals surface area contributed by atoms with E-state index in [-0.39, 0.29) is 12.3 Å². The largest absolute Gasteiger partial charge is 0.488 e. The van der Waals surface area contributed by atoms with Crippen LogP contribution in [-0.4, -0.2) is 29.1 Å². The third kappa shape index (κ3) is 5.57. The van der Waals surface area contributed by atoms with Gasteiger partial charge in [-0.15, -0.1) is 0 Å². The van der Waals surface area contributed by atoms with Gasteiger partial charge in [-0.25, -0.2) is 4.79 Å². The summed E-state index contributed by atoms with van der Waals surface area (Å²) in [5.74, 6) is 0.0133. The molecule has 1 fully saturated rings. The van der Waals surface area contributed by atoms with Crippen molar-refractivity contribution in [3.05, 3.63) is 104 Å². The summed E-state index contributed by atoms with van der Waals surface area (Å²) in [5.41, 5.74) is 1.85. The summed E-state index contributed by atoms with van der Waals surface area (Å²) < 4.78 is 16.9. The van der Waals surface area contributed by atoms with Crippen LogP contribution in [0, 0.1) is 3.57 Å². The van der Waals surface area contributed by atoms with Gasteiger partial charge in [-0.1, -0.05) is 42.5 Å². The molecule has 7 nitrogen and oxygen atoms in total. The van der Waals surface area contributed by atoms with Crippen LogP contribution in [-0.2, 0) is 22.7 Å². The molecular formula is C28H20INO6S. The summed E-state index contributed by atoms with van der Waals surface area (Å²) >= 11 is 3.06. The minimum Gasteiger partial charge on any atom is -0.488 e. The Hall–Kier alpha value is -3.57. The molecule has 2 amide bonds. The van der Waals surface area contributed by atoms with E-state index in [1.807, 2.05) is 30.3 Å². The lowest BCUT2D eigenvalue weighted by atomic mass is 10.1. The molecule has 1 aliphatic rings. The fourth-order valence-corrected chi connectivity index (χ4v) is 5.36. The first-order chi connectivity index (χ1) is 17.9. The molecule has 1 aromatic heterocycles. The van der Waals surface area contributed by atoms with E-state index in [4.69, 9.17) is 9.15 Å². The van der Waals surface area contributed by atoms with Crippen molar-refractivity contribution in [3.8, 4) is 5.75 Å². The summed E-state index contributed by atoms with van der Waals surface area (Å²) in [7, 11) is 1.25. The molecule has 1 saturated heterocycles. The number of rotatable bonds is 7. The number of fused-ring (bicyclic) bond motifs is 1. The summed E-state index contributed by atoms with van der Waals surface area (Å²) in [5, 5.41) is 1.94. The third-order valence-corrected chi connectivity index (χ3v) is 7.45. The zero-order valence-corrected chi connectivity index (χ0v) is 22.6. The van der Waals surface area contributed by atoms with Crippen LogP contribution < -0.4 is 4.74 Å². The lowest BCUT2D eigenvalue weighted by molar-refractivity contribution is -0.123. The van der Waals surface area contributed by atoms with Crippen LogP contribution in [0.1, 0.15) is 27.4 Å². The standard InChI is InChI=1S/C28H20INO6S/c1-34-27(32)24-11-9-21(36-24)15-30-26(31)25(37-28(30)33)14-17-7-10-23(22(29)13-17)35-16-18-6-8-19-4-2-3-5-20(19)12-18/h2-14H,15-16H2,1H3/b25-14+. The molecule has 9 heteroatoms. The predicted molar refractivity (Wildman–Crippen MR) is 149 cm³/mol. The molecular weight excluding hydrogens is 605 g/mol. The molecule has 0 N–H and O–H groups in total. The number of carbonyl (C=O) groups excluding carboxylic acids is 3. The number of amides is 2. The van der Waals surface area contributed by atoms with E-state index in [0.717, 1.165) is 37.1 Å². The molecule has 0 atom stereocenters. The van der Waals surface area contributed by atoms with Crippen molar-refractivity contribution in [2.45, 2.75) is 13.2 Å². The Kier molecular flexibility index (Phi) is 7.33. The average molecular weight is 625 g/mol. The van der Waals surface area contributed by atoms with Crippen LogP contribution in [0.15, 0.2) is 82.1 Å². The average Bonchev–Trinajstić information content (AvgIpc) is 3.48. The van der Waals surface area contributed by atoms with Gasteiger partial charge >= 0.3 is 5.97 Å². The van der Waals surface area contributed by atoms with Gasteiger partial charge in [0.2, 0.25) is 5.76 Å². The minimum absolute atomic E-state index is 0.0116. The fraction of sp³-hybridized carbons (Fsp3) is 0.107. The molecule has 3 aromatic carbocycles. The number of halogens is 1. The first-order valence-corrected chi connectivity index (χ1v) is 13.1. The molecule has 0 bridgehead atoms. The highest BCUT2D eigenvalue weighted by molar-refractivity contribution is 14.1. The first kappa shape index (κ1) is 25.1. The smallest absolute Gasteiger partial charge is 0.373 e. The molecule has 4 aromatic rings. The SMILES string of the molecule is COC(=O)c1ccc(CN2C(=O)S/C(=C/c3ccc(OCc4ccc5ccccc5c4)c(I)c3)C2=O)o1. The highest BCUT2D eigenvalue weighted by atomic mass is 127. The molecule has 0 saturated carbocycles. The van der Waals surface area contributed by atoms with Crippen molar-refractivity contribution < 1.29 is 28.3 Å². The number of benzene rings is 3. The Bertz CT molecular complexity index is 1560. The summed E-state index contributed by atoms with van der Waals surface area (Å²) in [6.45, 7) is 0.363. The number of ether oxygens (including phenoxy) is 2. The normalized spacial score (nSPS) is 14.5. The maximum absolute atomic E-state index is 12.9. The van der Waals surface area contributed by atoms with E-state index in [9.17, 15) is 14.4 Å². The molecule has 0 spiro atoms. The number of esters is 1. The van der Waals surface area contributed by atoms with Gasteiger partial charge in [-0.05, 0) is 92.7 Å². The Morgan fingerprint density at radius 3 is 2.62 bits per heavy atom. The third-order valence-electron chi connectivity index (χ3n) is 5.70. The molecule has 0 unspecified atom stereocenters. The number of furan rings is 1. The second-order valence-corrected chi connectivity index (χ2v) is 10.3. The summed E-state index contributed by atoms with van der Waals surface area (Å²) in [4.78, 5) is 38.3. The Morgan fingerprint density at radius 1 is 1.03 bits per heavy atom. The number of imide groups is 1. The number of hydrogen-bond donors (Lipinski definition) is 0. The van der Waals surface area contributed by atoms with E-state index in [1.54, 1.807) is 6.08 Å². The van der Waals surface area contributed by atoms with Gasteiger partial charge < -0.3 is 13.9 Å². The topological polar surface area (TPSA) is 86.0 Å². The van der Waals surface area contributed by atoms with Gasteiger partial charge in [0.15, 0.2) is 0 Å². The first-order valence-electron chi connectivity index (χ1n) is 11.2. The summed E-state index contributed by atoms with van der Waals surface area (Å²) in [6, 6.07) is 23.0. The number of hydrogen-bond acceptors (Lipinski definition) is 7. The molecule has 0 radical (unpaired) electrons. The Balaban J connectivity index is 1.25. The van der Waals surface area contributed by atoms with Crippen molar-refractivity contribution in [3.63, 3.8) is 0 Å². The van der Waals surface area contributed by atoms with E-state index < -0.39 is 17.1 Å². The number of nitrogens with zero attached hydrogens (tertiary/aromatic N) is 1. The van der Waals surface area contributed by atoms with Crippen LogP contribution in [0.5, 0.6) is 5.75 Å². The van der Waals surface area contributed by atoms with Crippen molar-refractivity contribution in [2.24, 2.45) is 0 Å².